The van der Waals surface area contributed by atoms with Crippen LogP contribution in [-0.4, -0.2) is 66.1 Å². The van der Waals surface area contributed by atoms with E-state index in [-0.39, 0.29) is 23.7 Å². The highest BCUT2D eigenvalue weighted by Gasteiger charge is 2.36. The predicted octanol–water partition coefficient (Wildman–Crippen LogP) is 3.28. The number of piperazine rings is 1. The van der Waals surface area contributed by atoms with Gasteiger partial charge in [0.15, 0.2) is 11.6 Å². The fraction of sp³-hybridized carbons (Fsp3) is 0.560. The van der Waals surface area contributed by atoms with Crippen molar-refractivity contribution in [3.05, 3.63) is 35.8 Å². The summed E-state index contributed by atoms with van der Waals surface area (Å²) < 4.78 is 14.5. The Balaban J connectivity index is 1.25. The molecule has 2 heterocycles. The van der Waals surface area contributed by atoms with Crippen molar-refractivity contribution >= 4 is 29.0 Å². The SMILES string of the molecule is Cc1cc(Nc2ncc(F)c(N[C@@H]3CCCC3C(=O)NC3CC3)n2)ccc1N1CCN(C)CC1. The lowest BCUT2D eigenvalue weighted by molar-refractivity contribution is -0.125. The van der Waals surface area contributed by atoms with Crippen LogP contribution in [0.2, 0.25) is 0 Å². The van der Waals surface area contributed by atoms with E-state index in [2.05, 4.69) is 61.8 Å². The molecule has 0 radical (unpaired) electrons. The molecule has 3 aliphatic rings. The van der Waals surface area contributed by atoms with Gasteiger partial charge >= 0.3 is 0 Å². The highest BCUT2D eigenvalue weighted by atomic mass is 19.1. The van der Waals surface area contributed by atoms with Crippen LogP contribution in [0.15, 0.2) is 24.4 Å². The monoisotopic (exact) mass is 467 g/mol. The second-order valence-corrected chi connectivity index (χ2v) is 9.88. The molecule has 182 valence electrons. The van der Waals surface area contributed by atoms with E-state index in [1.54, 1.807) is 0 Å². The van der Waals surface area contributed by atoms with Crippen molar-refractivity contribution in [2.24, 2.45) is 5.92 Å². The number of anilines is 4. The highest BCUT2D eigenvalue weighted by Crippen LogP contribution is 2.31. The molecule has 2 aromatic rings. The predicted molar refractivity (Wildman–Crippen MR) is 132 cm³/mol. The van der Waals surface area contributed by atoms with Crippen LogP contribution < -0.4 is 20.9 Å². The molecule has 0 spiro atoms. The summed E-state index contributed by atoms with van der Waals surface area (Å²) >= 11 is 0. The standard InChI is InChI=1S/C25H34FN7O/c1-16-14-18(8-9-22(16)33-12-10-32(2)11-13-33)29-25-27-15-20(26)23(31-25)30-21-5-3-4-19(21)24(34)28-17-6-7-17/h8-9,14-15,17,19,21H,3-7,10-13H2,1-2H3,(H,28,34)(H2,27,29,30,31)/t19?,21-/m1/s1. The normalized spacial score (nSPS) is 23.1. The first-order valence-electron chi connectivity index (χ1n) is 12.4. The van der Waals surface area contributed by atoms with Gasteiger partial charge in [0.2, 0.25) is 11.9 Å². The Morgan fingerprint density at radius 3 is 2.65 bits per heavy atom. The number of hydrogen-bond donors (Lipinski definition) is 3. The Labute approximate surface area is 200 Å². The first-order chi connectivity index (χ1) is 16.5. The van der Waals surface area contributed by atoms with Crippen LogP contribution in [-0.2, 0) is 4.79 Å². The lowest BCUT2D eigenvalue weighted by atomic mass is 10.0. The van der Waals surface area contributed by atoms with Crippen LogP contribution in [0.3, 0.4) is 0 Å². The van der Waals surface area contributed by atoms with Crippen molar-refractivity contribution in [1.29, 1.82) is 0 Å². The maximum Gasteiger partial charge on any atom is 0.229 e. The Morgan fingerprint density at radius 1 is 1.12 bits per heavy atom. The van der Waals surface area contributed by atoms with Gasteiger partial charge in [-0.25, -0.2) is 9.37 Å². The summed E-state index contributed by atoms with van der Waals surface area (Å²) in [5, 5.41) is 9.48. The van der Waals surface area contributed by atoms with E-state index >= 15 is 0 Å². The summed E-state index contributed by atoms with van der Waals surface area (Å²) in [7, 11) is 2.15. The van der Waals surface area contributed by atoms with Crippen molar-refractivity contribution < 1.29 is 9.18 Å². The smallest absolute Gasteiger partial charge is 0.229 e. The molecule has 1 aromatic carbocycles. The van der Waals surface area contributed by atoms with Gasteiger partial charge in [-0.15, -0.1) is 0 Å². The maximum absolute atomic E-state index is 14.5. The van der Waals surface area contributed by atoms with Crippen LogP contribution in [0, 0.1) is 18.7 Å². The molecule has 1 amide bonds. The van der Waals surface area contributed by atoms with Gasteiger partial charge in [0, 0.05) is 49.6 Å². The number of amides is 1. The van der Waals surface area contributed by atoms with Gasteiger partial charge in [-0.05, 0) is 63.4 Å². The van der Waals surface area contributed by atoms with Gasteiger partial charge in [0.25, 0.3) is 0 Å². The topological polar surface area (TPSA) is 85.4 Å². The van der Waals surface area contributed by atoms with Crippen LogP contribution in [0.4, 0.5) is 27.5 Å². The van der Waals surface area contributed by atoms with Gasteiger partial charge < -0.3 is 25.8 Å². The molecular weight excluding hydrogens is 433 g/mol. The lowest BCUT2D eigenvalue weighted by Gasteiger charge is -2.35. The molecule has 3 N–H and O–H groups in total. The number of carbonyl (C=O) groups is 1. The lowest BCUT2D eigenvalue weighted by Crippen LogP contribution is -2.44. The minimum absolute atomic E-state index is 0.0706. The second-order valence-electron chi connectivity index (χ2n) is 9.88. The zero-order valence-electron chi connectivity index (χ0n) is 20.0. The molecule has 2 atom stereocenters. The van der Waals surface area contributed by atoms with Gasteiger partial charge in [-0.2, -0.15) is 4.98 Å². The number of rotatable bonds is 7. The van der Waals surface area contributed by atoms with E-state index in [1.807, 2.05) is 6.07 Å². The number of nitrogens with zero attached hydrogens (tertiary/aromatic N) is 4. The molecule has 1 saturated heterocycles. The third kappa shape index (κ3) is 5.24. The van der Waals surface area contributed by atoms with Crippen LogP contribution in [0.5, 0.6) is 0 Å². The summed E-state index contributed by atoms with van der Waals surface area (Å²) in [6.07, 6.45) is 5.87. The fourth-order valence-corrected chi connectivity index (χ4v) is 4.95. The third-order valence-corrected chi connectivity index (χ3v) is 7.14. The van der Waals surface area contributed by atoms with E-state index in [4.69, 9.17) is 0 Å². The minimum atomic E-state index is -0.514. The van der Waals surface area contributed by atoms with Gasteiger partial charge in [-0.1, -0.05) is 6.42 Å². The van der Waals surface area contributed by atoms with E-state index in [0.717, 1.165) is 64.0 Å². The molecule has 34 heavy (non-hydrogen) atoms. The molecule has 8 nitrogen and oxygen atoms in total. The summed E-state index contributed by atoms with van der Waals surface area (Å²) in [5.74, 6) is -0.134. The summed E-state index contributed by atoms with van der Waals surface area (Å²) in [6.45, 7) is 6.25. The molecule has 1 unspecified atom stereocenters. The van der Waals surface area contributed by atoms with Crippen molar-refractivity contribution in [2.75, 3.05) is 48.8 Å². The molecule has 1 aliphatic heterocycles. The van der Waals surface area contributed by atoms with Crippen LogP contribution >= 0.6 is 0 Å². The van der Waals surface area contributed by atoms with Crippen LogP contribution in [0.25, 0.3) is 0 Å². The summed E-state index contributed by atoms with van der Waals surface area (Å²) in [6, 6.07) is 6.40. The van der Waals surface area contributed by atoms with Crippen LogP contribution in [0.1, 0.15) is 37.7 Å². The molecule has 2 aliphatic carbocycles. The molecule has 9 heteroatoms. The molecule has 5 rings (SSSR count). The number of nitrogens with one attached hydrogen (secondary N) is 3. The molecule has 2 saturated carbocycles. The second kappa shape index (κ2) is 9.74. The first kappa shape index (κ1) is 22.8. The average Bonchev–Trinajstić information content (AvgIpc) is 3.51. The molecule has 1 aromatic heterocycles. The summed E-state index contributed by atoms with van der Waals surface area (Å²) in [5.41, 5.74) is 3.26. The largest absolute Gasteiger partial charge is 0.369 e. The Hall–Kier alpha value is -2.94. The Morgan fingerprint density at radius 2 is 1.91 bits per heavy atom. The zero-order valence-corrected chi connectivity index (χ0v) is 20.0. The maximum atomic E-state index is 14.5. The number of hydrogen-bond acceptors (Lipinski definition) is 7. The first-order valence-corrected chi connectivity index (χ1v) is 12.4. The van der Waals surface area contributed by atoms with Gasteiger partial charge in [0.05, 0.1) is 12.1 Å². The zero-order chi connectivity index (χ0) is 23.7. The van der Waals surface area contributed by atoms with E-state index < -0.39 is 5.82 Å². The van der Waals surface area contributed by atoms with Gasteiger partial charge in [0.1, 0.15) is 0 Å². The Bertz CT molecular complexity index is 1040. The van der Waals surface area contributed by atoms with Crippen molar-refractivity contribution in [3.63, 3.8) is 0 Å². The van der Waals surface area contributed by atoms with E-state index in [1.165, 1.54) is 17.4 Å². The quantitative estimate of drug-likeness (QED) is 0.576. The Kier molecular flexibility index (Phi) is 6.54. The average molecular weight is 468 g/mol. The number of likely N-dealkylation sites (N-methyl/N-ethyl adjacent to an activating group) is 1. The third-order valence-electron chi connectivity index (χ3n) is 7.14. The molecule has 0 bridgehead atoms. The number of halogens is 1. The number of aromatic nitrogens is 2. The van der Waals surface area contributed by atoms with Crippen molar-refractivity contribution in [1.82, 2.24) is 20.2 Å². The number of carbonyl (C=O) groups excluding carboxylic acids is 1. The van der Waals surface area contributed by atoms with E-state index in [9.17, 15) is 9.18 Å². The fourth-order valence-electron chi connectivity index (χ4n) is 4.95. The highest BCUT2D eigenvalue weighted by molar-refractivity contribution is 5.80. The molecule has 3 fully saturated rings. The number of benzene rings is 1. The van der Waals surface area contributed by atoms with Crippen molar-refractivity contribution in [2.45, 2.75) is 51.1 Å². The molecular formula is C25H34FN7O. The van der Waals surface area contributed by atoms with Crippen molar-refractivity contribution in [3.8, 4) is 0 Å². The number of aryl methyl sites for hydroxylation is 1. The van der Waals surface area contributed by atoms with E-state index in [0.29, 0.717) is 12.0 Å². The van der Waals surface area contributed by atoms with Gasteiger partial charge in [-0.3, -0.25) is 4.79 Å². The minimum Gasteiger partial charge on any atom is -0.369 e. The summed E-state index contributed by atoms with van der Waals surface area (Å²) in [4.78, 5) is 25.9.